The van der Waals surface area contributed by atoms with Gasteiger partial charge in [-0.2, -0.15) is 5.26 Å². The number of benzene rings is 1. The minimum Gasteiger partial charge on any atom is -0.384 e. The Bertz CT molecular complexity index is 450. The van der Waals surface area contributed by atoms with Gasteiger partial charge in [-0.1, -0.05) is 19.8 Å². The molecule has 1 fully saturated rings. The molecule has 0 amide bonds. The fourth-order valence-corrected chi connectivity index (χ4v) is 3.25. The van der Waals surface area contributed by atoms with Crippen molar-refractivity contribution in [2.75, 3.05) is 11.9 Å². The lowest BCUT2D eigenvalue weighted by atomic mass is 9.82. The first-order chi connectivity index (χ1) is 8.69. The van der Waals surface area contributed by atoms with Gasteiger partial charge in [-0.25, -0.2) is 0 Å². The van der Waals surface area contributed by atoms with E-state index in [0.717, 1.165) is 28.5 Å². The van der Waals surface area contributed by atoms with Crippen LogP contribution in [0.2, 0.25) is 0 Å². The van der Waals surface area contributed by atoms with Crippen LogP contribution in [0.3, 0.4) is 0 Å². The summed E-state index contributed by atoms with van der Waals surface area (Å²) in [6.07, 6.45) is 5.42. The highest BCUT2D eigenvalue weighted by atomic mass is 79.9. The third-order valence-corrected chi connectivity index (χ3v) is 4.38. The molecular formula is C15H19BrN2. The van der Waals surface area contributed by atoms with Crippen LogP contribution in [0.15, 0.2) is 22.7 Å². The van der Waals surface area contributed by atoms with Crippen molar-refractivity contribution in [2.24, 2.45) is 11.8 Å². The summed E-state index contributed by atoms with van der Waals surface area (Å²) in [6.45, 7) is 3.39. The number of nitriles is 1. The van der Waals surface area contributed by atoms with E-state index in [1.54, 1.807) is 0 Å². The van der Waals surface area contributed by atoms with Gasteiger partial charge in [0.05, 0.1) is 11.6 Å². The second-order valence-electron chi connectivity index (χ2n) is 5.33. The van der Waals surface area contributed by atoms with Crippen molar-refractivity contribution >= 4 is 21.6 Å². The standard InChI is InChI=1S/C15H19BrN2/c1-11-3-2-4-13(7-11)10-18-15-6-5-12(9-17)8-14(15)16/h5-6,8,11,13,18H,2-4,7,10H2,1H3. The minimum atomic E-state index is 0.693. The number of hydrogen-bond donors (Lipinski definition) is 1. The number of hydrogen-bond acceptors (Lipinski definition) is 2. The van der Waals surface area contributed by atoms with E-state index in [1.165, 1.54) is 25.7 Å². The molecule has 1 aromatic carbocycles. The quantitative estimate of drug-likeness (QED) is 0.888. The van der Waals surface area contributed by atoms with Crippen LogP contribution in [-0.2, 0) is 0 Å². The summed E-state index contributed by atoms with van der Waals surface area (Å²) in [4.78, 5) is 0. The van der Waals surface area contributed by atoms with Crippen molar-refractivity contribution in [1.29, 1.82) is 5.26 Å². The van der Waals surface area contributed by atoms with Crippen LogP contribution >= 0.6 is 15.9 Å². The van der Waals surface area contributed by atoms with Crippen molar-refractivity contribution in [3.05, 3.63) is 28.2 Å². The molecule has 2 unspecified atom stereocenters. The van der Waals surface area contributed by atoms with Crippen LogP contribution in [-0.4, -0.2) is 6.54 Å². The average molecular weight is 307 g/mol. The van der Waals surface area contributed by atoms with Gasteiger partial charge in [0.1, 0.15) is 0 Å². The Hall–Kier alpha value is -1.01. The summed E-state index contributed by atoms with van der Waals surface area (Å²) < 4.78 is 0.977. The molecule has 0 radical (unpaired) electrons. The number of anilines is 1. The highest BCUT2D eigenvalue weighted by Crippen LogP contribution is 2.30. The predicted molar refractivity (Wildman–Crippen MR) is 78.5 cm³/mol. The Labute approximate surface area is 118 Å². The molecule has 18 heavy (non-hydrogen) atoms. The second kappa shape index (κ2) is 6.24. The first kappa shape index (κ1) is 13.4. The van der Waals surface area contributed by atoms with Gasteiger partial charge in [0, 0.05) is 16.7 Å². The van der Waals surface area contributed by atoms with E-state index >= 15 is 0 Å². The lowest BCUT2D eigenvalue weighted by molar-refractivity contribution is 0.293. The van der Waals surface area contributed by atoms with Gasteiger partial charge in [0.25, 0.3) is 0 Å². The third kappa shape index (κ3) is 3.49. The SMILES string of the molecule is CC1CCCC(CNc2ccc(C#N)cc2Br)C1. The molecule has 0 aromatic heterocycles. The molecule has 0 bridgehead atoms. The van der Waals surface area contributed by atoms with E-state index in [4.69, 9.17) is 5.26 Å². The zero-order valence-electron chi connectivity index (χ0n) is 10.7. The molecule has 1 N–H and O–H groups in total. The summed E-state index contributed by atoms with van der Waals surface area (Å²) in [7, 11) is 0. The smallest absolute Gasteiger partial charge is 0.0992 e. The highest BCUT2D eigenvalue weighted by molar-refractivity contribution is 9.10. The Kier molecular flexibility index (Phi) is 4.66. The maximum atomic E-state index is 8.82. The van der Waals surface area contributed by atoms with Gasteiger partial charge in [-0.3, -0.25) is 0 Å². The predicted octanol–water partition coefficient (Wildman–Crippen LogP) is 4.56. The first-order valence-electron chi connectivity index (χ1n) is 6.62. The molecule has 1 saturated carbocycles. The van der Waals surface area contributed by atoms with E-state index in [2.05, 4.69) is 34.2 Å². The molecule has 2 nitrogen and oxygen atoms in total. The molecule has 2 atom stereocenters. The molecule has 1 aliphatic carbocycles. The van der Waals surface area contributed by atoms with Gasteiger partial charge >= 0.3 is 0 Å². The maximum absolute atomic E-state index is 8.82. The normalized spacial score (nSPS) is 23.4. The van der Waals surface area contributed by atoms with Crippen LogP contribution in [0.1, 0.15) is 38.2 Å². The fourth-order valence-electron chi connectivity index (χ4n) is 2.73. The maximum Gasteiger partial charge on any atom is 0.0992 e. The molecule has 0 heterocycles. The average Bonchev–Trinajstić information content (AvgIpc) is 2.37. The number of halogens is 1. The third-order valence-electron chi connectivity index (χ3n) is 3.72. The lowest BCUT2D eigenvalue weighted by Gasteiger charge is -2.27. The van der Waals surface area contributed by atoms with Crippen LogP contribution in [0.5, 0.6) is 0 Å². The summed E-state index contributed by atoms with van der Waals surface area (Å²) in [5.74, 6) is 1.66. The summed E-state index contributed by atoms with van der Waals surface area (Å²) in [6, 6.07) is 7.85. The van der Waals surface area contributed by atoms with Crippen LogP contribution in [0, 0.1) is 23.2 Å². The fraction of sp³-hybridized carbons (Fsp3) is 0.533. The van der Waals surface area contributed by atoms with E-state index in [1.807, 2.05) is 18.2 Å². The van der Waals surface area contributed by atoms with Gasteiger partial charge in [0.15, 0.2) is 0 Å². The van der Waals surface area contributed by atoms with Crippen LogP contribution in [0.4, 0.5) is 5.69 Å². The molecule has 3 heteroatoms. The molecule has 0 aliphatic heterocycles. The first-order valence-corrected chi connectivity index (χ1v) is 7.42. The van der Waals surface area contributed by atoms with E-state index in [9.17, 15) is 0 Å². The molecule has 0 spiro atoms. The molecule has 96 valence electrons. The molecule has 2 rings (SSSR count). The van der Waals surface area contributed by atoms with Crippen molar-refractivity contribution in [1.82, 2.24) is 0 Å². The number of nitrogens with one attached hydrogen (secondary N) is 1. The van der Waals surface area contributed by atoms with Crippen LogP contribution in [0.25, 0.3) is 0 Å². The number of rotatable bonds is 3. The zero-order valence-corrected chi connectivity index (χ0v) is 12.3. The number of nitrogens with zero attached hydrogens (tertiary/aromatic N) is 1. The van der Waals surface area contributed by atoms with Crippen LogP contribution < -0.4 is 5.32 Å². The Balaban J connectivity index is 1.92. The molecular weight excluding hydrogens is 288 g/mol. The molecule has 1 aromatic rings. The van der Waals surface area contributed by atoms with Crippen molar-refractivity contribution < 1.29 is 0 Å². The van der Waals surface area contributed by atoms with Gasteiger partial charge in [-0.15, -0.1) is 0 Å². The minimum absolute atomic E-state index is 0.693. The Morgan fingerprint density at radius 3 is 2.94 bits per heavy atom. The Morgan fingerprint density at radius 1 is 1.44 bits per heavy atom. The summed E-state index contributed by atoms with van der Waals surface area (Å²) >= 11 is 3.51. The summed E-state index contributed by atoms with van der Waals surface area (Å²) in [5.41, 5.74) is 1.78. The summed E-state index contributed by atoms with van der Waals surface area (Å²) in [5, 5.41) is 12.3. The van der Waals surface area contributed by atoms with Crippen molar-refractivity contribution in [3.63, 3.8) is 0 Å². The van der Waals surface area contributed by atoms with Crippen molar-refractivity contribution in [3.8, 4) is 6.07 Å². The molecule has 0 saturated heterocycles. The zero-order chi connectivity index (χ0) is 13.0. The van der Waals surface area contributed by atoms with E-state index in [-0.39, 0.29) is 0 Å². The Morgan fingerprint density at radius 2 is 2.28 bits per heavy atom. The monoisotopic (exact) mass is 306 g/mol. The van der Waals surface area contributed by atoms with Crippen molar-refractivity contribution in [2.45, 2.75) is 32.6 Å². The molecule has 1 aliphatic rings. The largest absolute Gasteiger partial charge is 0.384 e. The van der Waals surface area contributed by atoms with Gasteiger partial charge in [0.2, 0.25) is 0 Å². The second-order valence-corrected chi connectivity index (χ2v) is 6.18. The topological polar surface area (TPSA) is 35.8 Å². The van der Waals surface area contributed by atoms with Gasteiger partial charge < -0.3 is 5.32 Å². The highest BCUT2D eigenvalue weighted by Gasteiger charge is 2.18. The lowest BCUT2D eigenvalue weighted by Crippen LogP contribution is -2.21. The van der Waals surface area contributed by atoms with E-state index < -0.39 is 0 Å². The van der Waals surface area contributed by atoms with E-state index in [0.29, 0.717) is 5.56 Å². The van der Waals surface area contributed by atoms with Gasteiger partial charge in [-0.05, 0) is 58.8 Å².